The van der Waals surface area contributed by atoms with Crippen LogP contribution in [0.3, 0.4) is 0 Å². The minimum Gasteiger partial charge on any atom is -0.312 e. The summed E-state index contributed by atoms with van der Waals surface area (Å²) in [5.41, 5.74) is 3.40. The smallest absolute Gasteiger partial charge is 0.267 e. The molecule has 1 unspecified atom stereocenters. The topological polar surface area (TPSA) is 44.7 Å². The predicted octanol–water partition coefficient (Wildman–Crippen LogP) is 3.38. The summed E-state index contributed by atoms with van der Waals surface area (Å²) in [6.45, 7) is 0. The van der Waals surface area contributed by atoms with Gasteiger partial charge in [-0.2, -0.15) is 0 Å². The molecule has 3 rings (SSSR count). The Kier molecular flexibility index (Phi) is 4.29. The molecule has 2 aromatic rings. The summed E-state index contributed by atoms with van der Waals surface area (Å²) >= 11 is 9.11. The summed E-state index contributed by atoms with van der Waals surface area (Å²) in [6.07, 6.45) is -0.692. The van der Waals surface area contributed by atoms with Crippen LogP contribution in [-0.4, -0.2) is 24.8 Å². The van der Waals surface area contributed by atoms with Crippen molar-refractivity contribution < 1.29 is 4.79 Å². The fourth-order valence-electron chi connectivity index (χ4n) is 2.43. The van der Waals surface area contributed by atoms with Crippen LogP contribution in [0.2, 0.25) is 5.02 Å². The maximum atomic E-state index is 12.5. The number of carbonyl (C=O) groups is 1. The first-order chi connectivity index (χ1) is 10.6. The fourth-order valence-corrected chi connectivity index (χ4v) is 2.86. The number of benzodiazepines with no additional fused rings is 1. The zero-order chi connectivity index (χ0) is 15.7. The highest BCUT2D eigenvalue weighted by molar-refractivity contribution is 9.08. The van der Waals surface area contributed by atoms with Crippen LogP contribution in [0.1, 0.15) is 11.1 Å². The number of carbonyl (C=O) groups excluding carboxylic acids is 1. The van der Waals surface area contributed by atoms with Gasteiger partial charge >= 0.3 is 0 Å². The lowest BCUT2D eigenvalue weighted by Gasteiger charge is -2.19. The molecule has 1 aliphatic rings. The number of rotatable bonds is 2. The number of halogens is 2. The molecule has 0 fully saturated rings. The van der Waals surface area contributed by atoms with Crippen molar-refractivity contribution in [1.82, 2.24) is 4.34 Å². The first kappa shape index (κ1) is 15.2. The maximum Gasteiger partial charge on any atom is 0.267 e. The van der Waals surface area contributed by atoms with Crippen LogP contribution in [0.25, 0.3) is 0 Å². The Balaban J connectivity index is 2.22. The molecule has 0 aliphatic carbocycles. The van der Waals surface area contributed by atoms with Crippen molar-refractivity contribution in [3.63, 3.8) is 0 Å². The normalized spacial score (nSPS) is 17.8. The van der Waals surface area contributed by atoms with Crippen molar-refractivity contribution in [2.45, 2.75) is 6.17 Å². The molecule has 4 nitrogen and oxygen atoms in total. The number of anilines is 1. The first-order valence-corrected chi connectivity index (χ1v) is 7.86. The van der Waals surface area contributed by atoms with E-state index >= 15 is 0 Å². The lowest BCUT2D eigenvalue weighted by molar-refractivity contribution is -0.119. The highest BCUT2D eigenvalue weighted by Crippen LogP contribution is 2.27. The number of nitrogens with one attached hydrogen (secondary N) is 1. The van der Waals surface area contributed by atoms with Gasteiger partial charge in [0, 0.05) is 39.3 Å². The van der Waals surface area contributed by atoms with Gasteiger partial charge in [-0.25, -0.2) is 4.34 Å². The van der Waals surface area contributed by atoms with Crippen molar-refractivity contribution in [2.75, 3.05) is 11.9 Å². The standard InChI is InChI=1S/C16H13BrClN3O/c1-21-13-5-3-2-4-12(13)14(19-15(20-17)16(21)22)10-6-8-11(18)9-7-10/h2-9,15,20H,1H3. The van der Waals surface area contributed by atoms with Gasteiger partial charge in [0.1, 0.15) is 0 Å². The van der Waals surface area contributed by atoms with E-state index in [1.54, 1.807) is 11.9 Å². The third-order valence-electron chi connectivity index (χ3n) is 3.56. The van der Waals surface area contributed by atoms with E-state index < -0.39 is 6.17 Å². The second-order valence-electron chi connectivity index (χ2n) is 4.91. The van der Waals surface area contributed by atoms with Gasteiger partial charge in [0.25, 0.3) is 5.91 Å². The molecule has 2 aromatic carbocycles. The Morgan fingerprint density at radius 2 is 1.86 bits per heavy atom. The zero-order valence-electron chi connectivity index (χ0n) is 11.8. The maximum absolute atomic E-state index is 12.5. The SMILES string of the molecule is CN1C(=O)C(NBr)N=C(c2ccc(Cl)cc2)c2ccccc21. The average molecular weight is 379 g/mol. The number of benzene rings is 2. The monoisotopic (exact) mass is 377 g/mol. The second kappa shape index (κ2) is 6.20. The molecule has 1 amide bonds. The Morgan fingerprint density at radius 3 is 2.55 bits per heavy atom. The van der Waals surface area contributed by atoms with E-state index in [2.05, 4.69) is 25.5 Å². The minimum atomic E-state index is -0.692. The van der Waals surface area contributed by atoms with Crippen LogP contribution in [0.4, 0.5) is 5.69 Å². The van der Waals surface area contributed by atoms with Crippen molar-refractivity contribution in [3.8, 4) is 0 Å². The van der Waals surface area contributed by atoms with E-state index in [4.69, 9.17) is 11.6 Å². The number of amides is 1. The van der Waals surface area contributed by atoms with Gasteiger partial charge in [-0.3, -0.25) is 9.79 Å². The Hall–Kier alpha value is -1.69. The number of nitrogens with zero attached hydrogens (tertiary/aromatic N) is 2. The van der Waals surface area contributed by atoms with Crippen LogP contribution in [0, 0.1) is 0 Å². The van der Waals surface area contributed by atoms with Gasteiger partial charge in [0.05, 0.1) is 11.4 Å². The summed E-state index contributed by atoms with van der Waals surface area (Å²) < 4.78 is 2.78. The molecular weight excluding hydrogens is 366 g/mol. The number of fused-ring (bicyclic) bond motifs is 1. The Labute approximate surface area is 142 Å². The molecule has 1 N–H and O–H groups in total. The Bertz CT molecular complexity index is 745. The van der Waals surface area contributed by atoms with Gasteiger partial charge in [-0.1, -0.05) is 41.9 Å². The minimum absolute atomic E-state index is 0.131. The number of aliphatic imine (C=N–C) groups is 1. The molecule has 1 heterocycles. The molecule has 0 saturated heterocycles. The zero-order valence-corrected chi connectivity index (χ0v) is 14.1. The predicted molar refractivity (Wildman–Crippen MR) is 92.8 cm³/mol. The van der Waals surface area contributed by atoms with Crippen molar-refractivity contribution in [2.24, 2.45) is 4.99 Å². The molecule has 0 radical (unpaired) electrons. The molecule has 1 aliphatic heterocycles. The third-order valence-corrected chi connectivity index (χ3v) is 4.25. The highest BCUT2D eigenvalue weighted by Gasteiger charge is 2.28. The molecule has 0 bridgehead atoms. The van der Waals surface area contributed by atoms with Crippen LogP contribution in [0.5, 0.6) is 0 Å². The largest absolute Gasteiger partial charge is 0.312 e. The average Bonchev–Trinajstić information content (AvgIpc) is 2.65. The summed E-state index contributed by atoms with van der Waals surface area (Å²) in [6, 6.07) is 15.1. The quantitative estimate of drug-likeness (QED) is 0.814. The summed E-state index contributed by atoms with van der Waals surface area (Å²) in [4.78, 5) is 18.7. The first-order valence-electron chi connectivity index (χ1n) is 6.68. The number of para-hydroxylation sites is 1. The lowest BCUT2D eigenvalue weighted by atomic mass is 10.0. The van der Waals surface area contributed by atoms with E-state index in [9.17, 15) is 4.79 Å². The molecule has 0 aromatic heterocycles. The van der Waals surface area contributed by atoms with Crippen LogP contribution >= 0.6 is 27.7 Å². The van der Waals surface area contributed by atoms with E-state index in [0.717, 1.165) is 22.5 Å². The number of likely N-dealkylation sites (N-methyl/N-ethyl adjacent to an activating group) is 1. The van der Waals surface area contributed by atoms with E-state index in [0.29, 0.717) is 5.02 Å². The van der Waals surface area contributed by atoms with Gasteiger partial charge in [0.2, 0.25) is 0 Å². The molecular formula is C16H13BrClN3O. The second-order valence-corrected chi connectivity index (χ2v) is 5.80. The van der Waals surface area contributed by atoms with Gasteiger partial charge < -0.3 is 4.90 Å². The summed E-state index contributed by atoms with van der Waals surface area (Å²) in [7, 11) is 1.75. The van der Waals surface area contributed by atoms with E-state index in [1.807, 2.05) is 48.5 Å². The molecule has 22 heavy (non-hydrogen) atoms. The van der Waals surface area contributed by atoms with Gasteiger partial charge in [-0.05, 0) is 18.2 Å². The van der Waals surface area contributed by atoms with Gasteiger partial charge in [-0.15, -0.1) is 0 Å². The molecule has 1 atom stereocenters. The molecule has 0 spiro atoms. The van der Waals surface area contributed by atoms with E-state index in [1.165, 1.54) is 0 Å². The molecule has 6 heteroatoms. The third kappa shape index (κ3) is 2.67. The van der Waals surface area contributed by atoms with Crippen LogP contribution in [-0.2, 0) is 4.79 Å². The van der Waals surface area contributed by atoms with Crippen molar-refractivity contribution in [1.29, 1.82) is 0 Å². The van der Waals surface area contributed by atoms with E-state index in [-0.39, 0.29) is 5.91 Å². The molecule has 0 saturated carbocycles. The highest BCUT2D eigenvalue weighted by atomic mass is 79.9. The number of hydrogen-bond donors (Lipinski definition) is 1. The molecule has 112 valence electrons. The van der Waals surface area contributed by atoms with Gasteiger partial charge in [0.15, 0.2) is 6.17 Å². The van der Waals surface area contributed by atoms with Crippen LogP contribution < -0.4 is 9.24 Å². The fraction of sp³-hybridized carbons (Fsp3) is 0.125. The number of hydrogen-bond acceptors (Lipinski definition) is 3. The van der Waals surface area contributed by atoms with Crippen molar-refractivity contribution in [3.05, 3.63) is 64.7 Å². The van der Waals surface area contributed by atoms with Crippen molar-refractivity contribution >= 4 is 45.1 Å². The summed E-state index contributed by atoms with van der Waals surface area (Å²) in [5, 5.41) is 0.662. The Morgan fingerprint density at radius 1 is 1.18 bits per heavy atom. The van der Waals surface area contributed by atoms with Crippen LogP contribution in [0.15, 0.2) is 53.5 Å². The summed E-state index contributed by atoms with van der Waals surface area (Å²) in [5.74, 6) is -0.131. The lowest BCUT2D eigenvalue weighted by Crippen LogP contribution is -2.39.